The van der Waals surface area contributed by atoms with Crippen LogP contribution >= 0.6 is 11.3 Å². The van der Waals surface area contributed by atoms with Gasteiger partial charge < -0.3 is 10.8 Å². The van der Waals surface area contributed by atoms with E-state index in [-0.39, 0.29) is 5.84 Å². The molecular weight excluding hydrogens is 178 g/mol. The van der Waals surface area contributed by atoms with Crippen molar-refractivity contribution < 1.29 is 9.90 Å². The Morgan fingerprint density at radius 3 is 2.83 bits per heavy atom. The molecule has 6 heteroatoms. The fraction of sp³-hybridized carbons (Fsp3) is 0. The van der Waals surface area contributed by atoms with Gasteiger partial charge in [-0.25, -0.2) is 4.79 Å². The molecule has 0 unspecified atom stereocenters. The second-order valence-corrected chi connectivity index (χ2v) is 2.95. The number of carbonyl (C=O) groups is 1. The van der Waals surface area contributed by atoms with E-state index in [0.29, 0.717) is 10.6 Å². The summed E-state index contributed by atoms with van der Waals surface area (Å²) in [7, 11) is 0. The number of rotatable bonds is 2. The number of carboxylic acid groups (broad SMARTS) is 1. The number of hydrogen-bond acceptors (Lipinski definition) is 3. The number of thiophene rings is 1. The number of nitrogen functional groups attached to an aromatic ring is 1. The SMILES string of the molecule is N=C(N)c1csc(NC(=O)O)c1. The summed E-state index contributed by atoms with van der Waals surface area (Å²) in [5, 5.41) is 19.6. The van der Waals surface area contributed by atoms with Crippen molar-refractivity contribution in [2.75, 3.05) is 5.32 Å². The van der Waals surface area contributed by atoms with E-state index in [9.17, 15) is 4.79 Å². The molecule has 0 radical (unpaired) electrons. The van der Waals surface area contributed by atoms with Crippen LogP contribution in [0.25, 0.3) is 0 Å². The monoisotopic (exact) mass is 185 g/mol. The van der Waals surface area contributed by atoms with Crippen molar-refractivity contribution in [2.24, 2.45) is 5.73 Å². The van der Waals surface area contributed by atoms with Crippen molar-refractivity contribution in [3.63, 3.8) is 0 Å². The third-order valence-electron chi connectivity index (χ3n) is 1.14. The normalized spacial score (nSPS) is 9.33. The highest BCUT2D eigenvalue weighted by molar-refractivity contribution is 7.14. The molecule has 0 aliphatic carbocycles. The molecule has 0 atom stereocenters. The quantitative estimate of drug-likeness (QED) is 0.410. The van der Waals surface area contributed by atoms with Crippen molar-refractivity contribution in [2.45, 2.75) is 0 Å². The standard InChI is InChI=1S/C6H7N3O2S/c7-5(8)3-1-4(12-2-3)9-6(10)11/h1-2,9H,(H3,7,8)(H,10,11). The summed E-state index contributed by atoms with van der Waals surface area (Å²) in [6.07, 6.45) is -1.12. The molecule has 0 saturated carbocycles. The molecular formula is C6H7N3O2S. The van der Waals surface area contributed by atoms with Crippen LogP contribution in [0.4, 0.5) is 9.80 Å². The summed E-state index contributed by atoms with van der Waals surface area (Å²) in [6, 6.07) is 1.52. The van der Waals surface area contributed by atoms with Gasteiger partial charge in [-0.15, -0.1) is 11.3 Å². The molecule has 1 rings (SSSR count). The van der Waals surface area contributed by atoms with Crippen molar-refractivity contribution in [1.29, 1.82) is 5.41 Å². The average molecular weight is 185 g/mol. The first-order valence-corrected chi connectivity index (χ1v) is 3.90. The molecule has 0 saturated heterocycles. The fourth-order valence-electron chi connectivity index (χ4n) is 0.648. The van der Waals surface area contributed by atoms with E-state index in [0.717, 1.165) is 0 Å². The Labute approximate surface area is 72.3 Å². The lowest BCUT2D eigenvalue weighted by molar-refractivity contribution is 0.210. The van der Waals surface area contributed by atoms with Crippen LogP contribution in [0.3, 0.4) is 0 Å². The molecule has 0 fully saturated rings. The summed E-state index contributed by atoms with van der Waals surface area (Å²) in [4.78, 5) is 10.2. The Morgan fingerprint density at radius 1 is 1.75 bits per heavy atom. The minimum atomic E-state index is -1.12. The second-order valence-electron chi connectivity index (χ2n) is 2.04. The van der Waals surface area contributed by atoms with E-state index in [1.807, 2.05) is 0 Å². The van der Waals surface area contributed by atoms with Gasteiger partial charge in [-0.2, -0.15) is 0 Å². The topological polar surface area (TPSA) is 99.2 Å². The zero-order valence-electron chi connectivity index (χ0n) is 6.00. The predicted octanol–water partition coefficient (Wildman–Crippen LogP) is 1.12. The van der Waals surface area contributed by atoms with Crippen LogP contribution in [-0.4, -0.2) is 17.0 Å². The first-order valence-electron chi connectivity index (χ1n) is 3.02. The van der Waals surface area contributed by atoms with E-state index < -0.39 is 6.09 Å². The van der Waals surface area contributed by atoms with Gasteiger partial charge in [-0.05, 0) is 6.07 Å². The zero-order valence-corrected chi connectivity index (χ0v) is 6.81. The molecule has 1 aromatic rings. The van der Waals surface area contributed by atoms with E-state index >= 15 is 0 Å². The van der Waals surface area contributed by atoms with Gasteiger partial charge in [0, 0.05) is 10.9 Å². The lowest BCUT2D eigenvalue weighted by Gasteiger charge is -1.92. The highest BCUT2D eigenvalue weighted by atomic mass is 32.1. The highest BCUT2D eigenvalue weighted by Gasteiger charge is 2.03. The van der Waals surface area contributed by atoms with Crippen LogP contribution in [0.5, 0.6) is 0 Å². The number of amides is 1. The van der Waals surface area contributed by atoms with Gasteiger partial charge in [-0.1, -0.05) is 0 Å². The van der Waals surface area contributed by atoms with Gasteiger partial charge >= 0.3 is 6.09 Å². The Morgan fingerprint density at radius 2 is 2.42 bits per heavy atom. The molecule has 0 aliphatic rings. The van der Waals surface area contributed by atoms with Crippen LogP contribution < -0.4 is 11.1 Å². The maximum absolute atomic E-state index is 10.2. The minimum Gasteiger partial charge on any atom is -0.465 e. The molecule has 1 heterocycles. The lowest BCUT2D eigenvalue weighted by Crippen LogP contribution is -2.10. The number of nitrogens with two attached hydrogens (primary N) is 1. The predicted molar refractivity (Wildman–Crippen MR) is 47.0 cm³/mol. The molecule has 12 heavy (non-hydrogen) atoms. The summed E-state index contributed by atoms with van der Waals surface area (Å²) < 4.78 is 0. The Balaban J connectivity index is 2.77. The van der Waals surface area contributed by atoms with Gasteiger partial charge in [0.05, 0.1) is 5.00 Å². The van der Waals surface area contributed by atoms with E-state index in [1.54, 1.807) is 5.38 Å². The average Bonchev–Trinajstić information content (AvgIpc) is 2.34. The van der Waals surface area contributed by atoms with Crippen LogP contribution in [-0.2, 0) is 0 Å². The molecule has 0 spiro atoms. The Hall–Kier alpha value is -1.56. The summed E-state index contributed by atoms with van der Waals surface area (Å²) in [5.74, 6) is -0.0651. The largest absolute Gasteiger partial charge is 0.465 e. The van der Waals surface area contributed by atoms with Crippen LogP contribution in [0.2, 0.25) is 0 Å². The van der Waals surface area contributed by atoms with Gasteiger partial charge in [0.15, 0.2) is 0 Å². The van der Waals surface area contributed by atoms with Gasteiger partial charge in [0.2, 0.25) is 0 Å². The molecule has 0 aliphatic heterocycles. The van der Waals surface area contributed by atoms with Crippen molar-refractivity contribution in [3.8, 4) is 0 Å². The molecule has 0 aromatic carbocycles. The number of hydrogen-bond donors (Lipinski definition) is 4. The Bertz CT molecular complexity index is 320. The summed E-state index contributed by atoms with van der Waals surface area (Å²) >= 11 is 1.19. The number of nitrogens with one attached hydrogen (secondary N) is 2. The maximum atomic E-state index is 10.2. The minimum absolute atomic E-state index is 0.0651. The highest BCUT2D eigenvalue weighted by Crippen LogP contribution is 2.19. The molecule has 5 N–H and O–H groups in total. The van der Waals surface area contributed by atoms with Gasteiger partial charge in [-0.3, -0.25) is 10.7 Å². The van der Waals surface area contributed by atoms with Crippen molar-refractivity contribution >= 4 is 28.3 Å². The van der Waals surface area contributed by atoms with Crippen LogP contribution in [0.15, 0.2) is 11.4 Å². The van der Waals surface area contributed by atoms with E-state index in [2.05, 4.69) is 5.32 Å². The molecule has 5 nitrogen and oxygen atoms in total. The smallest absolute Gasteiger partial charge is 0.409 e. The van der Waals surface area contributed by atoms with Crippen molar-refractivity contribution in [3.05, 3.63) is 17.0 Å². The lowest BCUT2D eigenvalue weighted by atomic mass is 10.3. The van der Waals surface area contributed by atoms with Gasteiger partial charge in [0.1, 0.15) is 5.84 Å². The number of amidine groups is 1. The van der Waals surface area contributed by atoms with Crippen LogP contribution in [0, 0.1) is 5.41 Å². The second kappa shape index (κ2) is 3.22. The van der Waals surface area contributed by atoms with Crippen molar-refractivity contribution in [1.82, 2.24) is 0 Å². The van der Waals surface area contributed by atoms with E-state index in [4.69, 9.17) is 16.2 Å². The number of anilines is 1. The first kappa shape index (κ1) is 8.54. The third-order valence-corrected chi connectivity index (χ3v) is 1.99. The van der Waals surface area contributed by atoms with Crippen LogP contribution in [0.1, 0.15) is 5.56 Å². The maximum Gasteiger partial charge on any atom is 0.409 e. The molecule has 64 valence electrons. The zero-order chi connectivity index (χ0) is 9.14. The molecule has 0 bridgehead atoms. The van der Waals surface area contributed by atoms with E-state index in [1.165, 1.54) is 17.4 Å². The summed E-state index contributed by atoms with van der Waals surface area (Å²) in [6.45, 7) is 0. The summed E-state index contributed by atoms with van der Waals surface area (Å²) in [5.41, 5.74) is 5.70. The Kier molecular flexibility index (Phi) is 2.29. The van der Waals surface area contributed by atoms with Gasteiger partial charge in [0.25, 0.3) is 0 Å². The fourth-order valence-corrected chi connectivity index (χ4v) is 1.44. The third kappa shape index (κ3) is 1.96. The first-order chi connectivity index (χ1) is 5.59. The molecule has 1 amide bonds. The molecule has 1 aromatic heterocycles.